The first-order valence-electron chi connectivity index (χ1n) is 4.90. The topological polar surface area (TPSA) is 89.3 Å². The number of halogens is 6. The summed E-state index contributed by atoms with van der Waals surface area (Å²) in [6, 6.07) is 1.24. The van der Waals surface area contributed by atoms with Crippen LogP contribution in [-0.2, 0) is 0 Å². The Hall–Kier alpha value is -2.13. The number of hydrogen-bond donors (Lipinski definition) is 3. The number of carboxylic acids is 1. The summed E-state index contributed by atoms with van der Waals surface area (Å²) in [6.45, 7) is 0. The Kier molecular flexibility index (Phi) is 3.79. The van der Waals surface area contributed by atoms with Crippen molar-refractivity contribution < 1.29 is 36.2 Å². The van der Waals surface area contributed by atoms with Crippen LogP contribution >= 0.6 is 0 Å². The van der Waals surface area contributed by atoms with E-state index in [4.69, 9.17) is 16.6 Å². The molecule has 0 amide bonds. The first-order chi connectivity index (χ1) is 8.89. The van der Waals surface area contributed by atoms with Crippen molar-refractivity contribution in [2.75, 3.05) is 11.5 Å². The van der Waals surface area contributed by atoms with E-state index in [9.17, 15) is 31.1 Å². The lowest BCUT2D eigenvalue weighted by Gasteiger charge is -2.25. The van der Waals surface area contributed by atoms with Crippen LogP contribution in [0.5, 0.6) is 0 Å². The average molecular weight is 302 g/mol. The summed E-state index contributed by atoms with van der Waals surface area (Å²) in [5.41, 5.74) is 6.47. The first kappa shape index (κ1) is 15.9. The van der Waals surface area contributed by atoms with Gasteiger partial charge in [-0.05, 0) is 12.1 Å². The molecule has 0 radical (unpaired) electrons. The van der Waals surface area contributed by atoms with Crippen LogP contribution in [-0.4, -0.2) is 23.2 Å². The maximum Gasteiger partial charge on any atom is 0.456 e. The van der Waals surface area contributed by atoms with Crippen molar-refractivity contribution in [3.63, 3.8) is 0 Å². The number of hydrogen-bond acceptors (Lipinski definition) is 3. The Labute approximate surface area is 108 Å². The molecule has 1 rings (SSSR count). The molecular formula is C10H8F6N2O2. The van der Waals surface area contributed by atoms with Crippen LogP contribution in [0, 0.1) is 0 Å². The van der Waals surface area contributed by atoms with Crippen molar-refractivity contribution in [1.29, 1.82) is 0 Å². The number of benzene rings is 1. The molecule has 0 aliphatic heterocycles. The summed E-state index contributed by atoms with van der Waals surface area (Å²) in [4.78, 5) is 10.8. The number of anilines is 2. The summed E-state index contributed by atoms with van der Waals surface area (Å²) in [5, 5.41) is 8.73. The van der Waals surface area contributed by atoms with Gasteiger partial charge in [0.15, 0.2) is 0 Å². The van der Waals surface area contributed by atoms with Gasteiger partial charge in [0.05, 0.1) is 5.56 Å². The molecule has 1 aromatic rings. The van der Waals surface area contributed by atoms with Gasteiger partial charge in [-0.2, -0.15) is 22.0 Å². The predicted molar refractivity (Wildman–Crippen MR) is 57.1 cm³/mol. The van der Waals surface area contributed by atoms with Gasteiger partial charge in [-0.3, -0.25) is 0 Å². The largest absolute Gasteiger partial charge is 0.478 e. The van der Waals surface area contributed by atoms with Crippen LogP contribution in [0.15, 0.2) is 12.1 Å². The molecule has 10 heteroatoms. The van der Waals surface area contributed by atoms with Crippen molar-refractivity contribution >= 4 is 17.3 Å². The molecule has 0 heterocycles. The van der Waals surface area contributed by atoms with Gasteiger partial charge in [-0.1, -0.05) is 0 Å². The number of alkyl halides is 6. The fourth-order valence-electron chi connectivity index (χ4n) is 1.48. The number of aromatic carboxylic acids is 1. The third kappa shape index (κ3) is 2.58. The number of nitrogen functional groups attached to an aromatic ring is 2. The van der Waals surface area contributed by atoms with E-state index >= 15 is 0 Å². The van der Waals surface area contributed by atoms with E-state index in [0.717, 1.165) is 0 Å². The molecule has 1 atom stereocenters. The second-order valence-electron chi connectivity index (χ2n) is 3.86. The highest BCUT2D eigenvalue weighted by Gasteiger charge is 2.64. The molecule has 1 aromatic carbocycles. The molecule has 20 heavy (non-hydrogen) atoms. The monoisotopic (exact) mass is 302 g/mol. The predicted octanol–water partition coefficient (Wildman–Crippen LogP) is 2.76. The Balaban J connectivity index is 3.51. The summed E-state index contributed by atoms with van der Waals surface area (Å²) < 4.78 is 75.8. The molecule has 5 N–H and O–H groups in total. The molecule has 0 saturated heterocycles. The Morgan fingerprint density at radius 1 is 1.15 bits per heavy atom. The minimum Gasteiger partial charge on any atom is -0.478 e. The van der Waals surface area contributed by atoms with E-state index < -0.39 is 41.1 Å². The molecule has 112 valence electrons. The molecule has 4 nitrogen and oxygen atoms in total. The standard InChI is InChI=1S/C10H8F6N2O2/c11-7(9(12,13)10(14,15)16)6-4(8(19)20)1-3(17)2-5(6)18/h1-2,7H,17-18H2,(H,19,20). The Morgan fingerprint density at radius 3 is 2.05 bits per heavy atom. The zero-order valence-corrected chi connectivity index (χ0v) is 9.51. The zero-order valence-electron chi connectivity index (χ0n) is 9.51. The minimum absolute atomic E-state index is 0.314. The summed E-state index contributed by atoms with van der Waals surface area (Å²) in [6.07, 6.45) is -10.2. The van der Waals surface area contributed by atoms with Crippen molar-refractivity contribution in [1.82, 2.24) is 0 Å². The number of carbonyl (C=O) groups is 1. The van der Waals surface area contributed by atoms with Gasteiger partial charge in [0.25, 0.3) is 0 Å². The molecule has 0 aliphatic carbocycles. The van der Waals surface area contributed by atoms with Gasteiger partial charge < -0.3 is 16.6 Å². The van der Waals surface area contributed by atoms with Crippen molar-refractivity contribution in [3.05, 3.63) is 23.3 Å². The molecule has 0 bridgehead atoms. The van der Waals surface area contributed by atoms with Gasteiger partial charge >= 0.3 is 18.1 Å². The van der Waals surface area contributed by atoms with Gasteiger partial charge in [-0.15, -0.1) is 0 Å². The van der Waals surface area contributed by atoms with Crippen LogP contribution < -0.4 is 11.5 Å². The third-order valence-electron chi connectivity index (χ3n) is 2.41. The molecule has 0 fully saturated rings. The Bertz CT molecular complexity index is 543. The second kappa shape index (κ2) is 4.76. The molecular weight excluding hydrogens is 294 g/mol. The van der Waals surface area contributed by atoms with Crippen LogP contribution in [0.25, 0.3) is 0 Å². The highest BCUT2D eigenvalue weighted by molar-refractivity contribution is 5.93. The normalized spacial score (nSPS) is 14.1. The van der Waals surface area contributed by atoms with Gasteiger partial charge in [-0.25, -0.2) is 9.18 Å². The van der Waals surface area contributed by atoms with Crippen LogP contribution in [0.4, 0.5) is 37.7 Å². The van der Waals surface area contributed by atoms with E-state index in [0.29, 0.717) is 12.1 Å². The highest BCUT2D eigenvalue weighted by atomic mass is 19.4. The molecule has 1 unspecified atom stereocenters. The average Bonchev–Trinajstić information content (AvgIpc) is 2.25. The van der Waals surface area contributed by atoms with E-state index in [2.05, 4.69) is 0 Å². The maximum absolute atomic E-state index is 13.6. The third-order valence-corrected chi connectivity index (χ3v) is 2.41. The van der Waals surface area contributed by atoms with Crippen molar-refractivity contribution in [3.8, 4) is 0 Å². The molecule has 0 aromatic heterocycles. The SMILES string of the molecule is Nc1cc(N)c(C(F)C(F)(F)C(F)(F)F)c(C(=O)O)c1. The zero-order chi connectivity index (χ0) is 15.9. The summed E-state index contributed by atoms with van der Waals surface area (Å²) in [7, 11) is 0. The van der Waals surface area contributed by atoms with Crippen molar-refractivity contribution in [2.24, 2.45) is 0 Å². The minimum atomic E-state index is -6.20. The lowest BCUT2D eigenvalue weighted by Crippen LogP contribution is -2.41. The van der Waals surface area contributed by atoms with Crippen molar-refractivity contribution in [2.45, 2.75) is 18.3 Å². The van der Waals surface area contributed by atoms with Gasteiger partial charge in [0, 0.05) is 16.9 Å². The fraction of sp³-hybridized carbons (Fsp3) is 0.300. The quantitative estimate of drug-likeness (QED) is 0.591. The summed E-state index contributed by atoms with van der Waals surface area (Å²) in [5.74, 6) is -7.72. The maximum atomic E-state index is 13.6. The van der Waals surface area contributed by atoms with Gasteiger partial charge in [0.1, 0.15) is 0 Å². The Morgan fingerprint density at radius 2 is 1.65 bits per heavy atom. The summed E-state index contributed by atoms with van der Waals surface area (Å²) >= 11 is 0. The van der Waals surface area contributed by atoms with Gasteiger partial charge in [0.2, 0.25) is 6.17 Å². The number of carboxylic acid groups (broad SMARTS) is 1. The van der Waals surface area contributed by atoms with E-state index in [1.807, 2.05) is 0 Å². The van der Waals surface area contributed by atoms with Crippen LogP contribution in [0.3, 0.4) is 0 Å². The lowest BCUT2D eigenvalue weighted by molar-refractivity contribution is -0.305. The fourth-order valence-corrected chi connectivity index (χ4v) is 1.48. The smallest absolute Gasteiger partial charge is 0.456 e. The van der Waals surface area contributed by atoms with Crippen LogP contribution in [0.2, 0.25) is 0 Å². The van der Waals surface area contributed by atoms with Crippen LogP contribution in [0.1, 0.15) is 22.1 Å². The molecule has 0 aliphatic rings. The van der Waals surface area contributed by atoms with E-state index in [-0.39, 0.29) is 5.69 Å². The highest BCUT2D eigenvalue weighted by Crippen LogP contribution is 2.48. The first-order valence-corrected chi connectivity index (χ1v) is 4.90. The lowest BCUT2D eigenvalue weighted by atomic mass is 9.96. The van der Waals surface area contributed by atoms with E-state index in [1.54, 1.807) is 0 Å². The van der Waals surface area contributed by atoms with E-state index in [1.165, 1.54) is 0 Å². The number of rotatable bonds is 3. The molecule has 0 spiro atoms. The molecule has 0 saturated carbocycles. The number of nitrogens with two attached hydrogens (primary N) is 2. The second-order valence-corrected chi connectivity index (χ2v) is 3.86.